The zero-order valence-electron chi connectivity index (χ0n) is 16.7. The molecule has 0 aliphatic heterocycles. The molecule has 8 heteroatoms. The fourth-order valence-electron chi connectivity index (χ4n) is 2.89. The number of carbonyl (C=O) groups excluding carboxylic acids is 2. The van der Waals surface area contributed by atoms with Crippen LogP contribution in [0.1, 0.15) is 22.0 Å². The van der Waals surface area contributed by atoms with E-state index in [4.69, 9.17) is 11.6 Å². The minimum Gasteiger partial charge on any atom is -0.386 e. The molecule has 0 fully saturated rings. The van der Waals surface area contributed by atoms with Gasteiger partial charge in [-0.25, -0.2) is 9.18 Å². The quantitative estimate of drug-likeness (QED) is 0.522. The highest BCUT2D eigenvalue weighted by Gasteiger charge is 2.15. The van der Waals surface area contributed by atoms with Crippen molar-refractivity contribution in [2.75, 3.05) is 23.8 Å². The number of halogens is 2. The molecule has 160 valence electrons. The SMILES string of the molecule is CN(C(=O)c1ccc(Cl)cc1)c1ccc(NC(=O)NCC(O)c2ccccc2F)cc1. The number of urea groups is 1. The molecule has 0 spiro atoms. The lowest BCUT2D eigenvalue weighted by atomic mass is 10.1. The molecule has 0 bridgehead atoms. The lowest BCUT2D eigenvalue weighted by Crippen LogP contribution is -2.32. The van der Waals surface area contributed by atoms with Crippen molar-refractivity contribution in [3.05, 3.63) is 94.8 Å². The highest BCUT2D eigenvalue weighted by Crippen LogP contribution is 2.20. The van der Waals surface area contributed by atoms with Gasteiger partial charge in [0.1, 0.15) is 5.82 Å². The highest BCUT2D eigenvalue weighted by atomic mass is 35.5. The maximum Gasteiger partial charge on any atom is 0.319 e. The van der Waals surface area contributed by atoms with Crippen molar-refractivity contribution in [2.45, 2.75) is 6.10 Å². The normalized spacial score (nSPS) is 11.5. The maximum atomic E-state index is 13.7. The molecule has 6 nitrogen and oxygen atoms in total. The molecular weight excluding hydrogens is 421 g/mol. The summed E-state index contributed by atoms with van der Waals surface area (Å²) in [7, 11) is 1.65. The third kappa shape index (κ3) is 5.81. The molecule has 3 aromatic rings. The number of nitrogens with one attached hydrogen (secondary N) is 2. The smallest absolute Gasteiger partial charge is 0.319 e. The fraction of sp³-hybridized carbons (Fsp3) is 0.130. The molecule has 31 heavy (non-hydrogen) atoms. The number of hydrogen-bond donors (Lipinski definition) is 3. The Kier molecular flexibility index (Phi) is 7.23. The van der Waals surface area contributed by atoms with Gasteiger partial charge in [-0.3, -0.25) is 4.79 Å². The van der Waals surface area contributed by atoms with E-state index in [9.17, 15) is 19.1 Å². The Labute approximate surface area is 184 Å². The van der Waals surface area contributed by atoms with Crippen LogP contribution < -0.4 is 15.5 Å². The molecule has 1 unspecified atom stereocenters. The molecule has 0 saturated carbocycles. The topological polar surface area (TPSA) is 81.7 Å². The Bertz CT molecular complexity index is 1060. The van der Waals surface area contributed by atoms with Gasteiger partial charge >= 0.3 is 6.03 Å². The van der Waals surface area contributed by atoms with E-state index >= 15 is 0 Å². The van der Waals surface area contributed by atoms with Crippen molar-refractivity contribution in [1.82, 2.24) is 5.32 Å². The second kappa shape index (κ2) is 10.1. The highest BCUT2D eigenvalue weighted by molar-refractivity contribution is 6.30. The number of aliphatic hydroxyl groups excluding tert-OH is 1. The van der Waals surface area contributed by atoms with E-state index in [0.717, 1.165) is 0 Å². The standard InChI is InChI=1S/C23H21ClFN3O3/c1-28(22(30)15-6-8-16(24)9-7-15)18-12-10-17(11-13-18)27-23(31)26-14-21(29)19-4-2-3-5-20(19)25/h2-13,21,29H,14H2,1H3,(H2,26,27,31). The number of amides is 3. The van der Waals surface area contributed by atoms with Gasteiger partial charge in [-0.05, 0) is 54.6 Å². The first-order valence-corrected chi connectivity index (χ1v) is 9.84. The first-order chi connectivity index (χ1) is 14.8. The summed E-state index contributed by atoms with van der Waals surface area (Å²) < 4.78 is 13.7. The zero-order valence-corrected chi connectivity index (χ0v) is 17.4. The molecule has 1 atom stereocenters. The summed E-state index contributed by atoms with van der Waals surface area (Å²) in [6, 6.07) is 18.6. The molecular formula is C23H21ClFN3O3. The largest absolute Gasteiger partial charge is 0.386 e. The molecule has 0 radical (unpaired) electrons. The van der Waals surface area contributed by atoms with E-state index < -0.39 is 18.0 Å². The minimum atomic E-state index is -1.16. The van der Waals surface area contributed by atoms with Gasteiger partial charge in [-0.15, -0.1) is 0 Å². The maximum absolute atomic E-state index is 13.7. The van der Waals surface area contributed by atoms with Gasteiger partial charge in [0.2, 0.25) is 0 Å². The Hall–Kier alpha value is -3.42. The van der Waals surface area contributed by atoms with Crippen LogP contribution in [0.25, 0.3) is 0 Å². The number of anilines is 2. The second-order valence-corrected chi connectivity index (χ2v) is 7.23. The number of aliphatic hydroxyl groups is 1. The van der Waals surface area contributed by atoms with Crippen molar-refractivity contribution in [3.8, 4) is 0 Å². The summed E-state index contributed by atoms with van der Waals surface area (Å²) in [6.45, 7) is -0.150. The number of rotatable bonds is 6. The zero-order chi connectivity index (χ0) is 22.4. The Morgan fingerprint density at radius 3 is 2.32 bits per heavy atom. The first-order valence-electron chi connectivity index (χ1n) is 9.46. The van der Waals surface area contributed by atoms with Crippen LogP contribution in [-0.2, 0) is 0 Å². The van der Waals surface area contributed by atoms with Gasteiger partial charge in [0.05, 0.1) is 6.10 Å². The third-order valence-corrected chi connectivity index (χ3v) is 4.88. The Morgan fingerprint density at radius 2 is 1.68 bits per heavy atom. The molecule has 3 amide bonds. The monoisotopic (exact) mass is 441 g/mol. The molecule has 3 N–H and O–H groups in total. The molecule has 0 aromatic heterocycles. The minimum absolute atomic E-state index is 0.112. The van der Waals surface area contributed by atoms with Crippen LogP contribution in [0.15, 0.2) is 72.8 Å². The molecule has 0 aliphatic rings. The average molecular weight is 442 g/mol. The van der Waals surface area contributed by atoms with Crippen molar-refractivity contribution >= 4 is 34.9 Å². The van der Waals surface area contributed by atoms with Gasteiger partial charge in [0.15, 0.2) is 0 Å². The van der Waals surface area contributed by atoms with Crippen molar-refractivity contribution < 1.29 is 19.1 Å². The van der Waals surface area contributed by atoms with Crippen LogP contribution >= 0.6 is 11.6 Å². The third-order valence-electron chi connectivity index (χ3n) is 4.63. The van der Waals surface area contributed by atoms with Gasteiger partial charge in [0, 0.05) is 41.1 Å². The number of benzene rings is 3. The van der Waals surface area contributed by atoms with Crippen molar-refractivity contribution in [2.24, 2.45) is 0 Å². The van der Waals surface area contributed by atoms with Crippen LogP contribution in [-0.4, -0.2) is 30.6 Å². The molecule has 3 rings (SSSR count). The molecule has 0 heterocycles. The summed E-state index contributed by atoms with van der Waals surface area (Å²) in [5.41, 5.74) is 1.75. The second-order valence-electron chi connectivity index (χ2n) is 6.79. The van der Waals surface area contributed by atoms with Crippen LogP contribution in [0.3, 0.4) is 0 Å². The summed E-state index contributed by atoms with van der Waals surface area (Å²) in [6.07, 6.45) is -1.16. The van der Waals surface area contributed by atoms with Gasteiger partial charge in [-0.1, -0.05) is 29.8 Å². The van der Waals surface area contributed by atoms with E-state index in [1.54, 1.807) is 61.6 Å². The summed E-state index contributed by atoms with van der Waals surface area (Å²) in [5.74, 6) is -0.734. The predicted molar refractivity (Wildman–Crippen MR) is 119 cm³/mol. The number of nitrogens with zero attached hydrogens (tertiary/aromatic N) is 1. The van der Waals surface area contributed by atoms with E-state index in [2.05, 4.69) is 10.6 Å². The molecule has 0 saturated heterocycles. The lowest BCUT2D eigenvalue weighted by Gasteiger charge is -2.18. The van der Waals surface area contributed by atoms with Crippen LogP contribution in [0.5, 0.6) is 0 Å². The predicted octanol–water partition coefficient (Wildman–Crippen LogP) is 4.61. The summed E-state index contributed by atoms with van der Waals surface area (Å²) in [4.78, 5) is 26.1. The van der Waals surface area contributed by atoms with Crippen LogP contribution in [0.4, 0.5) is 20.6 Å². The van der Waals surface area contributed by atoms with E-state index in [0.29, 0.717) is 22.0 Å². The van der Waals surface area contributed by atoms with Crippen LogP contribution in [0.2, 0.25) is 5.02 Å². The number of carbonyl (C=O) groups is 2. The van der Waals surface area contributed by atoms with Gasteiger partial charge in [-0.2, -0.15) is 0 Å². The summed E-state index contributed by atoms with van der Waals surface area (Å²) >= 11 is 5.85. The Balaban J connectivity index is 1.55. The molecule has 0 aliphatic carbocycles. The fourth-order valence-corrected chi connectivity index (χ4v) is 3.02. The number of hydrogen-bond acceptors (Lipinski definition) is 3. The van der Waals surface area contributed by atoms with Crippen molar-refractivity contribution in [3.63, 3.8) is 0 Å². The average Bonchev–Trinajstić information content (AvgIpc) is 2.78. The van der Waals surface area contributed by atoms with Crippen molar-refractivity contribution in [1.29, 1.82) is 0 Å². The Morgan fingerprint density at radius 1 is 1.03 bits per heavy atom. The van der Waals surface area contributed by atoms with E-state index in [-0.39, 0.29) is 18.0 Å². The van der Waals surface area contributed by atoms with E-state index in [1.165, 1.54) is 23.1 Å². The van der Waals surface area contributed by atoms with Gasteiger partial charge < -0.3 is 20.6 Å². The van der Waals surface area contributed by atoms with Gasteiger partial charge in [0.25, 0.3) is 5.91 Å². The summed E-state index contributed by atoms with van der Waals surface area (Å²) in [5, 5.41) is 15.7. The molecule has 3 aromatic carbocycles. The lowest BCUT2D eigenvalue weighted by molar-refractivity contribution is 0.0993. The van der Waals surface area contributed by atoms with Crippen LogP contribution in [0, 0.1) is 5.82 Å². The first kappa shape index (κ1) is 22.3. The van der Waals surface area contributed by atoms with E-state index in [1.807, 2.05) is 0 Å².